The van der Waals surface area contributed by atoms with Gasteiger partial charge in [0.2, 0.25) is 21.8 Å². The second kappa shape index (κ2) is 14.0. The summed E-state index contributed by atoms with van der Waals surface area (Å²) >= 11 is 6.10. The van der Waals surface area contributed by atoms with Crippen molar-refractivity contribution in [1.82, 2.24) is 10.2 Å². The van der Waals surface area contributed by atoms with E-state index in [9.17, 15) is 18.0 Å². The van der Waals surface area contributed by atoms with Crippen LogP contribution in [0.2, 0.25) is 5.02 Å². The molecular formula is C32H40ClN3O4S. The molecule has 0 bridgehead atoms. The summed E-state index contributed by atoms with van der Waals surface area (Å²) in [5.74, 6) is -0.483. The Morgan fingerprint density at radius 1 is 0.902 bits per heavy atom. The Morgan fingerprint density at radius 3 is 2.07 bits per heavy atom. The number of carbonyl (C=O) groups excluding carboxylic acids is 2. The molecule has 41 heavy (non-hydrogen) atoms. The van der Waals surface area contributed by atoms with Crippen LogP contribution >= 0.6 is 11.6 Å². The molecule has 3 aromatic carbocycles. The van der Waals surface area contributed by atoms with E-state index in [0.717, 1.165) is 22.9 Å². The molecule has 0 aliphatic carbocycles. The van der Waals surface area contributed by atoms with Gasteiger partial charge in [0.05, 0.1) is 11.9 Å². The zero-order valence-electron chi connectivity index (χ0n) is 24.4. The smallest absolute Gasteiger partial charge is 0.243 e. The van der Waals surface area contributed by atoms with Crippen LogP contribution in [0.25, 0.3) is 0 Å². The zero-order chi connectivity index (χ0) is 30.2. The highest BCUT2D eigenvalue weighted by molar-refractivity contribution is 7.92. The summed E-state index contributed by atoms with van der Waals surface area (Å²) in [6.07, 6.45) is 1.85. The molecule has 0 fully saturated rings. The summed E-state index contributed by atoms with van der Waals surface area (Å²) < 4.78 is 26.5. The number of amides is 2. The van der Waals surface area contributed by atoms with Gasteiger partial charge in [0, 0.05) is 36.5 Å². The molecule has 3 rings (SSSR count). The maximum atomic E-state index is 13.9. The Kier molecular flexibility index (Phi) is 11.0. The van der Waals surface area contributed by atoms with Crippen molar-refractivity contribution in [2.24, 2.45) is 0 Å². The Hall–Kier alpha value is -3.36. The number of hydrogen-bond acceptors (Lipinski definition) is 4. The van der Waals surface area contributed by atoms with Gasteiger partial charge >= 0.3 is 0 Å². The number of halogens is 1. The fourth-order valence-corrected chi connectivity index (χ4v) is 5.60. The number of aryl methyl sites for hydroxylation is 1. The lowest BCUT2D eigenvalue weighted by Gasteiger charge is -2.34. The molecule has 1 N–H and O–H groups in total. The summed E-state index contributed by atoms with van der Waals surface area (Å²) in [6.45, 7) is 7.99. The van der Waals surface area contributed by atoms with E-state index in [1.165, 1.54) is 4.31 Å². The Labute approximate surface area is 249 Å². The molecule has 0 aliphatic rings. The molecule has 3 aromatic rings. The van der Waals surface area contributed by atoms with E-state index in [-0.39, 0.29) is 37.7 Å². The second-order valence-electron chi connectivity index (χ2n) is 11.4. The van der Waals surface area contributed by atoms with Gasteiger partial charge in [0.1, 0.15) is 6.04 Å². The Bertz CT molecular complexity index is 1400. The minimum absolute atomic E-state index is 0.0690. The number of carbonyl (C=O) groups is 2. The highest BCUT2D eigenvalue weighted by Gasteiger charge is 2.32. The fraction of sp³-hybridized carbons (Fsp3) is 0.375. The lowest BCUT2D eigenvalue weighted by molar-refractivity contribution is -0.142. The van der Waals surface area contributed by atoms with Gasteiger partial charge in [-0.05, 0) is 69.5 Å². The molecule has 0 saturated heterocycles. The van der Waals surface area contributed by atoms with Crippen LogP contribution in [0.4, 0.5) is 5.69 Å². The quantitative estimate of drug-likeness (QED) is 0.288. The van der Waals surface area contributed by atoms with Crippen molar-refractivity contribution in [1.29, 1.82) is 0 Å². The normalized spacial score (nSPS) is 12.4. The molecule has 0 aliphatic heterocycles. The van der Waals surface area contributed by atoms with Crippen molar-refractivity contribution in [2.75, 3.05) is 17.1 Å². The molecule has 2 amide bonds. The third-order valence-corrected chi connectivity index (χ3v) is 7.96. The third kappa shape index (κ3) is 10.2. The van der Waals surface area contributed by atoms with Crippen molar-refractivity contribution in [3.05, 3.63) is 101 Å². The van der Waals surface area contributed by atoms with Crippen molar-refractivity contribution >= 4 is 39.1 Å². The highest BCUT2D eigenvalue weighted by Crippen LogP contribution is 2.21. The summed E-state index contributed by atoms with van der Waals surface area (Å²) in [7, 11) is -3.56. The molecule has 0 heterocycles. The summed E-state index contributed by atoms with van der Waals surface area (Å²) in [6, 6.07) is 23.3. The first-order valence-corrected chi connectivity index (χ1v) is 15.9. The summed E-state index contributed by atoms with van der Waals surface area (Å²) in [5.41, 5.74) is 2.84. The third-order valence-electron chi connectivity index (χ3n) is 6.51. The minimum Gasteiger partial charge on any atom is -0.350 e. The maximum Gasteiger partial charge on any atom is 0.243 e. The van der Waals surface area contributed by atoms with Crippen LogP contribution in [0.3, 0.4) is 0 Å². The predicted molar refractivity (Wildman–Crippen MR) is 166 cm³/mol. The van der Waals surface area contributed by atoms with Crippen molar-refractivity contribution in [2.45, 2.75) is 65.1 Å². The number of anilines is 1. The summed E-state index contributed by atoms with van der Waals surface area (Å²) in [5, 5.41) is 3.63. The molecule has 0 radical (unpaired) electrons. The van der Waals surface area contributed by atoms with Crippen LogP contribution in [0.5, 0.6) is 0 Å². The number of hydrogen-bond donors (Lipinski definition) is 1. The van der Waals surface area contributed by atoms with E-state index in [1.54, 1.807) is 29.2 Å². The lowest BCUT2D eigenvalue weighted by atomic mass is 10.00. The molecule has 0 spiro atoms. The summed E-state index contributed by atoms with van der Waals surface area (Å²) in [4.78, 5) is 29.2. The van der Waals surface area contributed by atoms with Gasteiger partial charge in [-0.15, -0.1) is 0 Å². The lowest BCUT2D eigenvalue weighted by Crippen LogP contribution is -2.54. The number of sulfonamides is 1. The van der Waals surface area contributed by atoms with Crippen molar-refractivity contribution in [3.63, 3.8) is 0 Å². The second-order valence-corrected chi connectivity index (χ2v) is 13.7. The average molecular weight is 598 g/mol. The molecule has 0 saturated carbocycles. The van der Waals surface area contributed by atoms with Crippen LogP contribution in [-0.2, 0) is 32.6 Å². The van der Waals surface area contributed by atoms with Crippen LogP contribution in [-0.4, -0.2) is 49.5 Å². The topological polar surface area (TPSA) is 86.8 Å². The van der Waals surface area contributed by atoms with Crippen LogP contribution < -0.4 is 9.62 Å². The highest BCUT2D eigenvalue weighted by atomic mass is 35.5. The number of benzene rings is 3. The van der Waals surface area contributed by atoms with Crippen molar-refractivity contribution < 1.29 is 18.0 Å². The van der Waals surface area contributed by atoms with E-state index in [2.05, 4.69) is 5.32 Å². The molecule has 1 atom stereocenters. The minimum atomic E-state index is -3.56. The van der Waals surface area contributed by atoms with E-state index in [4.69, 9.17) is 11.6 Å². The monoisotopic (exact) mass is 597 g/mol. The first-order chi connectivity index (χ1) is 19.2. The number of rotatable bonds is 12. The van der Waals surface area contributed by atoms with Crippen LogP contribution in [0.15, 0.2) is 78.9 Å². The van der Waals surface area contributed by atoms with Gasteiger partial charge in [0.15, 0.2) is 0 Å². The average Bonchev–Trinajstić information content (AvgIpc) is 2.89. The van der Waals surface area contributed by atoms with E-state index in [1.807, 2.05) is 82.3 Å². The van der Waals surface area contributed by atoms with Gasteiger partial charge in [-0.25, -0.2) is 8.42 Å². The van der Waals surface area contributed by atoms with Gasteiger partial charge in [-0.2, -0.15) is 0 Å². The van der Waals surface area contributed by atoms with Gasteiger partial charge in [-0.3, -0.25) is 13.9 Å². The molecule has 220 valence electrons. The van der Waals surface area contributed by atoms with E-state index < -0.39 is 21.6 Å². The molecule has 0 unspecified atom stereocenters. The Balaban J connectivity index is 1.89. The SMILES string of the molecule is Cc1ccc(N(CCCC(=O)N(Cc2ccc(Cl)cc2)[C@H](Cc2ccccc2)C(=O)NC(C)(C)C)S(C)(=O)=O)cc1. The fourth-order valence-electron chi connectivity index (χ4n) is 4.51. The number of nitrogens with zero attached hydrogens (tertiary/aromatic N) is 2. The predicted octanol–water partition coefficient (Wildman–Crippen LogP) is 5.75. The van der Waals surface area contributed by atoms with Crippen LogP contribution in [0.1, 0.15) is 50.3 Å². The van der Waals surface area contributed by atoms with E-state index >= 15 is 0 Å². The van der Waals surface area contributed by atoms with Crippen molar-refractivity contribution in [3.8, 4) is 0 Å². The first kappa shape index (κ1) is 32.2. The van der Waals surface area contributed by atoms with Gasteiger partial charge in [-0.1, -0.05) is 71.8 Å². The molecule has 7 nitrogen and oxygen atoms in total. The molecule has 0 aromatic heterocycles. The first-order valence-electron chi connectivity index (χ1n) is 13.7. The van der Waals surface area contributed by atoms with Gasteiger partial charge < -0.3 is 10.2 Å². The molecular weight excluding hydrogens is 558 g/mol. The van der Waals surface area contributed by atoms with Gasteiger partial charge in [0.25, 0.3) is 0 Å². The van der Waals surface area contributed by atoms with Crippen LogP contribution in [0, 0.1) is 6.92 Å². The maximum absolute atomic E-state index is 13.9. The van der Waals surface area contributed by atoms with E-state index in [0.29, 0.717) is 17.1 Å². The number of nitrogens with one attached hydrogen (secondary N) is 1. The largest absolute Gasteiger partial charge is 0.350 e. The standard InChI is InChI=1S/C32H40ClN3O4S/c1-24-13-19-28(20-14-24)36(41(5,39)40)21-9-12-30(37)35(23-26-15-17-27(33)18-16-26)29(31(38)34-32(2,3)4)22-25-10-7-6-8-11-25/h6-8,10-11,13-20,29H,9,12,21-23H2,1-5H3,(H,34,38)/t29-/m1/s1. The molecule has 9 heteroatoms. The Morgan fingerprint density at radius 2 is 1.51 bits per heavy atom. The zero-order valence-corrected chi connectivity index (χ0v) is 26.0.